The molecular weight excluding hydrogens is 306 g/mol. The van der Waals surface area contributed by atoms with E-state index < -0.39 is 0 Å². The summed E-state index contributed by atoms with van der Waals surface area (Å²) in [5.74, 6) is 0.645. The summed E-state index contributed by atoms with van der Waals surface area (Å²) >= 11 is 1.38. The second kappa shape index (κ2) is 8.11. The SMILES string of the molecule is Cc1nc(SCC(=O)NCC(C)c2ccccc2)nc(C)c1C. The van der Waals surface area contributed by atoms with E-state index in [-0.39, 0.29) is 5.91 Å². The minimum absolute atomic E-state index is 0.0114. The average Bonchev–Trinajstić information content (AvgIpc) is 2.56. The van der Waals surface area contributed by atoms with Crippen molar-refractivity contribution >= 4 is 17.7 Å². The van der Waals surface area contributed by atoms with Crippen LogP contribution in [0.2, 0.25) is 0 Å². The highest BCUT2D eigenvalue weighted by Crippen LogP contribution is 2.17. The monoisotopic (exact) mass is 329 g/mol. The molecule has 5 heteroatoms. The molecule has 1 atom stereocenters. The molecule has 0 saturated carbocycles. The molecule has 1 aromatic heterocycles. The number of nitrogens with zero attached hydrogens (tertiary/aromatic N) is 2. The van der Waals surface area contributed by atoms with Crippen molar-refractivity contribution in [3.63, 3.8) is 0 Å². The molecule has 0 bridgehead atoms. The Bertz CT molecular complexity index is 650. The molecule has 0 fully saturated rings. The molecule has 0 spiro atoms. The summed E-state index contributed by atoms with van der Waals surface area (Å²) in [6, 6.07) is 10.2. The highest BCUT2D eigenvalue weighted by atomic mass is 32.2. The number of carbonyl (C=O) groups excluding carboxylic acids is 1. The van der Waals surface area contributed by atoms with E-state index in [1.807, 2.05) is 39.0 Å². The Kier molecular flexibility index (Phi) is 6.16. The van der Waals surface area contributed by atoms with Crippen LogP contribution in [0, 0.1) is 20.8 Å². The van der Waals surface area contributed by atoms with Crippen LogP contribution in [-0.2, 0) is 4.79 Å². The Balaban J connectivity index is 1.81. The van der Waals surface area contributed by atoms with Gasteiger partial charge in [0.25, 0.3) is 0 Å². The van der Waals surface area contributed by atoms with Crippen molar-refractivity contribution in [1.82, 2.24) is 15.3 Å². The van der Waals surface area contributed by atoms with Gasteiger partial charge in [0.1, 0.15) is 0 Å². The Morgan fingerprint density at radius 2 is 1.74 bits per heavy atom. The van der Waals surface area contributed by atoms with Crippen LogP contribution >= 0.6 is 11.8 Å². The molecule has 4 nitrogen and oxygen atoms in total. The predicted molar refractivity (Wildman–Crippen MR) is 94.8 cm³/mol. The lowest BCUT2D eigenvalue weighted by atomic mass is 10.0. The highest BCUT2D eigenvalue weighted by Gasteiger charge is 2.10. The van der Waals surface area contributed by atoms with Gasteiger partial charge in [-0.05, 0) is 37.8 Å². The molecule has 2 rings (SSSR count). The standard InChI is InChI=1S/C18H23N3OS/c1-12(16-8-6-5-7-9-16)10-19-17(22)11-23-18-20-14(3)13(2)15(4)21-18/h5-9,12H,10-11H2,1-4H3,(H,19,22). The first kappa shape index (κ1) is 17.5. The van der Waals surface area contributed by atoms with Crippen LogP contribution in [0.5, 0.6) is 0 Å². The van der Waals surface area contributed by atoms with Gasteiger partial charge >= 0.3 is 0 Å². The molecule has 0 aliphatic rings. The van der Waals surface area contributed by atoms with Crippen molar-refractivity contribution in [3.05, 3.63) is 52.8 Å². The van der Waals surface area contributed by atoms with Crippen LogP contribution < -0.4 is 5.32 Å². The Morgan fingerprint density at radius 1 is 1.13 bits per heavy atom. The first-order valence-corrected chi connectivity index (χ1v) is 8.72. The number of amides is 1. The van der Waals surface area contributed by atoms with Gasteiger partial charge in [0.15, 0.2) is 5.16 Å². The maximum Gasteiger partial charge on any atom is 0.230 e. The fourth-order valence-corrected chi connectivity index (χ4v) is 2.92. The van der Waals surface area contributed by atoms with Gasteiger partial charge in [-0.2, -0.15) is 0 Å². The summed E-state index contributed by atoms with van der Waals surface area (Å²) in [6.45, 7) is 8.69. The van der Waals surface area contributed by atoms with Gasteiger partial charge in [-0.25, -0.2) is 9.97 Å². The van der Waals surface area contributed by atoms with Crippen molar-refractivity contribution in [2.45, 2.75) is 38.8 Å². The lowest BCUT2D eigenvalue weighted by Gasteiger charge is -2.13. The number of aryl methyl sites for hydroxylation is 2. The maximum absolute atomic E-state index is 12.0. The largest absolute Gasteiger partial charge is 0.355 e. The second-order valence-electron chi connectivity index (χ2n) is 5.71. The molecule has 0 radical (unpaired) electrons. The number of carbonyl (C=O) groups is 1. The topological polar surface area (TPSA) is 54.9 Å². The van der Waals surface area contributed by atoms with Crippen LogP contribution in [0.4, 0.5) is 0 Å². The molecule has 1 amide bonds. The van der Waals surface area contributed by atoms with Gasteiger partial charge in [-0.1, -0.05) is 49.0 Å². The third kappa shape index (κ3) is 5.06. The third-order valence-corrected chi connectivity index (χ3v) is 4.77. The van der Waals surface area contributed by atoms with E-state index in [1.54, 1.807) is 0 Å². The molecule has 1 heterocycles. The van der Waals surface area contributed by atoms with E-state index in [0.717, 1.165) is 17.0 Å². The fraction of sp³-hybridized carbons (Fsp3) is 0.389. The number of thioether (sulfide) groups is 1. The Hall–Kier alpha value is -1.88. The van der Waals surface area contributed by atoms with Crippen LogP contribution in [0.3, 0.4) is 0 Å². The summed E-state index contributed by atoms with van der Waals surface area (Å²) in [5, 5.41) is 3.64. The minimum Gasteiger partial charge on any atom is -0.355 e. The zero-order valence-corrected chi connectivity index (χ0v) is 14.9. The summed E-state index contributed by atoms with van der Waals surface area (Å²) in [4.78, 5) is 20.8. The number of hydrogen-bond donors (Lipinski definition) is 1. The van der Waals surface area contributed by atoms with E-state index >= 15 is 0 Å². The quantitative estimate of drug-likeness (QED) is 0.652. The second-order valence-corrected chi connectivity index (χ2v) is 6.65. The zero-order chi connectivity index (χ0) is 16.8. The van der Waals surface area contributed by atoms with Crippen molar-refractivity contribution in [2.24, 2.45) is 0 Å². The molecular formula is C18H23N3OS. The van der Waals surface area contributed by atoms with Crippen LogP contribution in [-0.4, -0.2) is 28.2 Å². The number of hydrogen-bond acceptors (Lipinski definition) is 4. The van der Waals surface area contributed by atoms with E-state index in [1.165, 1.54) is 17.3 Å². The van der Waals surface area contributed by atoms with E-state index in [4.69, 9.17) is 0 Å². The van der Waals surface area contributed by atoms with Crippen molar-refractivity contribution in [1.29, 1.82) is 0 Å². The van der Waals surface area contributed by atoms with Gasteiger partial charge in [0.05, 0.1) is 5.75 Å². The highest BCUT2D eigenvalue weighted by molar-refractivity contribution is 7.99. The molecule has 1 aromatic carbocycles. The van der Waals surface area contributed by atoms with Crippen LogP contribution in [0.25, 0.3) is 0 Å². The number of aromatic nitrogens is 2. The van der Waals surface area contributed by atoms with Gasteiger partial charge < -0.3 is 5.32 Å². The van der Waals surface area contributed by atoms with Gasteiger partial charge in [0.2, 0.25) is 5.91 Å². The van der Waals surface area contributed by atoms with E-state index in [2.05, 4.69) is 34.3 Å². The van der Waals surface area contributed by atoms with Crippen LogP contribution in [0.1, 0.15) is 35.4 Å². The van der Waals surface area contributed by atoms with Gasteiger partial charge in [-0.15, -0.1) is 0 Å². The van der Waals surface area contributed by atoms with Crippen molar-refractivity contribution < 1.29 is 4.79 Å². The van der Waals surface area contributed by atoms with Gasteiger partial charge in [-0.3, -0.25) is 4.79 Å². The Morgan fingerprint density at radius 3 is 2.35 bits per heavy atom. The number of benzene rings is 1. The number of nitrogens with one attached hydrogen (secondary N) is 1. The molecule has 0 saturated heterocycles. The summed E-state index contributed by atoms with van der Waals surface area (Å²) < 4.78 is 0. The minimum atomic E-state index is 0.0114. The molecule has 23 heavy (non-hydrogen) atoms. The van der Waals surface area contributed by atoms with E-state index in [9.17, 15) is 4.79 Å². The zero-order valence-electron chi connectivity index (χ0n) is 14.1. The van der Waals surface area contributed by atoms with Gasteiger partial charge in [0, 0.05) is 17.9 Å². The molecule has 1 N–H and O–H groups in total. The average molecular weight is 329 g/mol. The lowest BCUT2D eigenvalue weighted by molar-refractivity contribution is -0.118. The maximum atomic E-state index is 12.0. The fourth-order valence-electron chi connectivity index (χ4n) is 2.15. The van der Waals surface area contributed by atoms with E-state index in [0.29, 0.717) is 23.4 Å². The first-order chi connectivity index (χ1) is 11.0. The molecule has 122 valence electrons. The predicted octanol–water partition coefficient (Wildman–Crippen LogP) is 3.41. The Labute approximate surface area is 142 Å². The van der Waals surface area contributed by atoms with Crippen molar-refractivity contribution in [2.75, 3.05) is 12.3 Å². The lowest BCUT2D eigenvalue weighted by Crippen LogP contribution is -2.29. The van der Waals surface area contributed by atoms with Crippen molar-refractivity contribution in [3.8, 4) is 0 Å². The molecule has 1 unspecified atom stereocenters. The number of rotatable bonds is 6. The first-order valence-electron chi connectivity index (χ1n) is 7.73. The molecule has 0 aliphatic carbocycles. The summed E-state index contributed by atoms with van der Waals surface area (Å²) in [6.07, 6.45) is 0. The normalized spacial score (nSPS) is 12.0. The molecule has 0 aliphatic heterocycles. The summed E-state index contributed by atoms with van der Waals surface area (Å²) in [5.41, 5.74) is 4.28. The third-order valence-electron chi connectivity index (χ3n) is 3.92. The molecule has 2 aromatic rings. The summed E-state index contributed by atoms with van der Waals surface area (Å²) in [7, 11) is 0. The smallest absolute Gasteiger partial charge is 0.230 e. The van der Waals surface area contributed by atoms with Crippen LogP contribution in [0.15, 0.2) is 35.5 Å².